The highest BCUT2D eigenvalue weighted by Gasteiger charge is 2.13. The number of aromatic nitrogens is 3. The molecule has 0 aliphatic carbocycles. The second kappa shape index (κ2) is 7.01. The van der Waals surface area contributed by atoms with Gasteiger partial charge in [-0.1, -0.05) is 11.8 Å². The molecular weight excluding hydrogens is 346 g/mol. The summed E-state index contributed by atoms with van der Waals surface area (Å²) in [5, 5.41) is 0. The lowest BCUT2D eigenvalue weighted by atomic mass is 10.3. The number of ether oxygens (including phenoxy) is 1. The van der Waals surface area contributed by atoms with E-state index in [-0.39, 0.29) is 5.69 Å². The van der Waals surface area contributed by atoms with Crippen LogP contribution in [0.1, 0.15) is 16.1 Å². The van der Waals surface area contributed by atoms with E-state index in [0.29, 0.717) is 5.75 Å². The number of aryl methyl sites for hydroxylation is 1. The van der Waals surface area contributed by atoms with Gasteiger partial charge in [0.2, 0.25) is 0 Å². The molecule has 0 spiro atoms. The third-order valence-electron chi connectivity index (χ3n) is 3.74. The third-order valence-corrected chi connectivity index (χ3v) is 4.76. The van der Waals surface area contributed by atoms with Gasteiger partial charge in [-0.3, -0.25) is 4.98 Å². The number of hydrogen-bond acceptors (Lipinski definition) is 5. The average Bonchev–Trinajstić information content (AvgIpc) is 3.07. The highest BCUT2D eigenvalue weighted by molar-refractivity contribution is 7.99. The van der Waals surface area contributed by atoms with Gasteiger partial charge in [0.25, 0.3) is 0 Å². The standard InChI is InChI=1S/C20H15N3O2S/c1-14-8-11-23-13-18(22-19(23)12-14)20(24)25-15-2-4-16(5-3-15)26-17-6-9-21-10-7-17/h2-13H,1H3. The normalized spacial score (nSPS) is 10.8. The maximum atomic E-state index is 12.3. The molecule has 0 saturated heterocycles. The number of pyridine rings is 2. The van der Waals surface area contributed by atoms with Gasteiger partial charge in [0.15, 0.2) is 5.69 Å². The predicted molar refractivity (Wildman–Crippen MR) is 99.7 cm³/mol. The number of benzene rings is 1. The van der Waals surface area contributed by atoms with Gasteiger partial charge in [0, 0.05) is 34.6 Å². The Balaban J connectivity index is 1.46. The molecule has 0 saturated carbocycles. The minimum absolute atomic E-state index is 0.283. The second-order valence-electron chi connectivity index (χ2n) is 5.74. The largest absolute Gasteiger partial charge is 0.422 e. The minimum atomic E-state index is -0.471. The van der Waals surface area contributed by atoms with Crippen molar-refractivity contribution >= 4 is 23.4 Å². The number of rotatable bonds is 4. The summed E-state index contributed by atoms with van der Waals surface area (Å²) in [6, 6.07) is 15.2. The van der Waals surface area contributed by atoms with E-state index < -0.39 is 5.97 Å². The fourth-order valence-corrected chi connectivity index (χ4v) is 3.26. The van der Waals surface area contributed by atoms with E-state index in [1.54, 1.807) is 46.9 Å². The van der Waals surface area contributed by atoms with Gasteiger partial charge >= 0.3 is 5.97 Å². The topological polar surface area (TPSA) is 56.5 Å². The van der Waals surface area contributed by atoms with Gasteiger partial charge in [0.05, 0.1) is 0 Å². The van der Waals surface area contributed by atoms with Crippen LogP contribution in [0.15, 0.2) is 83.1 Å². The van der Waals surface area contributed by atoms with Crippen molar-refractivity contribution < 1.29 is 9.53 Å². The maximum absolute atomic E-state index is 12.3. The summed E-state index contributed by atoms with van der Waals surface area (Å²) in [5.41, 5.74) is 2.09. The molecular formula is C20H15N3O2S. The molecule has 26 heavy (non-hydrogen) atoms. The Morgan fingerprint density at radius 3 is 2.54 bits per heavy atom. The van der Waals surface area contributed by atoms with Gasteiger partial charge in [-0.25, -0.2) is 9.78 Å². The van der Waals surface area contributed by atoms with Gasteiger partial charge < -0.3 is 9.14 Å². The molecule has 128 valence electrons. The van der Waals surface area contributed by atoms with Crippen LogP contribution in [0.2, 0.25) is 0 Å². The van der Waals surface area contributed by atoms with Gasteiger partial charge in [-0.2, -0.15) is 0 Å². The Morgan fingerprint density at radius 1 is 1.04 bits per heavy atom. The molecule has 0 radical (unpaired) electrons. The monoisotopic (exact) mass is 361 g/mol. The first-order valence-corrected chi connectivity index (χ1v) is 8.84. The Hall–Kier alpha value is -3.12. The molecule has 0 unspecified atom stereocenters. The van der Waals surface area contributed by atoms with E-state index in [2.05, 4.69) is 9.97 Å². The number of imidazole rings is 1. The lowest BCUT2D eigenvalue weighted by molar-refractivity contribution is 0.0729. The summed E-state index contributed by atoms with van der Waals surface area (Å²) in [6.07, 6.45) is 7.06. The third kappa shape index (κ3) is 3.60. The van der Waals surface area contributed by atoms with E-state index in [4.69, 9.17) is 4.74 Å². The van der Waals surface area contributed by atoms with Crippen LogP contribution in [0.5, 0.6) is 5.75 Å². The Labute approximate surface area is 154 Å². The van der Waals surface area contributed by atoms with Crippen LogP contribution < -0.4 is 4.74 Å². The molecule has 4 rings (SSSR count). The van der Waals surface area contributed by atoms with Crippen LogP contribution >= 0.6 is 11.8 Å². The molecule has 0 aliphatic heterocycles. The summed E-state index contributed by atoms with van der Waals surface area (Å²) >= 11 is 1.62. The summed E-state index contributed by atoms with van der Waals surface area (Å²) in [5.74, 6) is 0.0169. The van der Waals surface area contributed by atoms with Crippen molar-refractivity contribution in [1.29, 1.82) is 0 Å². The Morgan fingerprint density at radius 2 is 1.77 bits per heavy atom. The molecule has 3 heterocycles. The fraction of sp³-hybridized carbons (Fsp3) is 0.0500. The van der Waals surface area contributed by atoms with E-state index in [1.165, 1.54) is 0 Å². The second-order valence-corrected chi connectivity index (χ2v) is 6.89. The van der Waals surface area contributed by atoms with E-state index in [0.717, 1.165) is 21.0 Å². The van der Waals surface area contributed by atoms with Crippen molar-refractivity contribution in [3.05, 3.63) is 84.6 Å². The first-order chi connectivity index (χ1) is 12.7. The van der Waals surface area contributed by atoms with Crippen LogP contribution in [0.3, 0.4) is 0 Å². The number of fused-ring (bicyclic) bond motifs is 1. The van der Waals surface area contributed by atoms with Gasteiger partial charge in [0.1, 0.15) is 11.4 Å². The van der Waals surface area contributed by atoms with Crippen molar-refractivity contribution in [2.24, 2.45) is 0 Å². The van der Waals surface area contributed by atoms with Gasteiger partial charge in [-0.05, 0) is 61.0 Å². The quantitative estimate of drug-likeness (QED) is 0.398. The first kappa shape index (κ1) is 16.4. The van der Waals surface area contributed by atoms with Crippen LogP contribution in [-0.2, 0) is 0 Å². The summed E-state index contributed by atoms with van der Waals surface area (Å²) in [4.78, 5) is 22.8. The Kier molecular flexibility index (Phi) is 4.41. The van der Waals surface area contributed by atoms with Crippen LogP contribution in [0, 0.1) is 6.92 Å². The zero-order valence-corrected chi connectivity index (χ0v) is 14.8. The predicted octanol–water partition coefficient (Wildman–Crippen LogP) is 4.41. The van der Waals surface area contributed by atoms with E-state index >= 15 is 0 Å². The zero-order chi connectivity index (χ0) is 17.9. The highest BCUT2D eigenvalue weighted by atomic mass is 32.2. The molecule has 0 aliphatic rings. The molecule has 0 atom stereocenters. The minimum Gasteiger partial charge on any atom is -0.422 e. The molecule has 4 aromatic rings. The van der Waals surface area contributed by atoms with Crippen molar-refractivity contribution in [3.63, 3.8) is 0 Å². The van der Waals surface area contributed by atoms with Crippen molar-refractivity contribution in [2.45, 2.75) is 16.7 Å². The molecule has 0 N–H and O–H groups in total. The number of carbonyl (C=O) groups is 1. The van der Waals surface area contributed by atoms with Crippen LogP contribution in [-0.4, -0.2) is 20.3 Å². The number of hydrogen-bond donors (Lipinski definition) is 0. The lowest BCUT2D eigenvalue weighted by Gasteiger charge is -2.04. The van der Waals surface area contributed by atoms with Gasteiger partial charge in [-0.15, -0.1) is 0 Å². The van der Waals surface area contributed by atoms with Crippen molar-refractivity contribution in [3.8, 4) is 5.75 Å². The lowest BCUT2D eigenvalue weighted by Crippen LogP contribution is -2.08. The number of nitrogens with zero attached hydrogens (tertiary/aromatic N) is 3. The number of esters is 1. The summed E-state index contributed by atoms with van der Waals surface area (Å²) < 4.78 is 7.24. The highest BCUT2D eigenvalue weighted by Crippen LogP contribution is 2.28. The SMILES string of the molecule is Cc1ccn2cc(C(=O)Oc3ccc(Sc4ccncc4)cc3)nc2c1. The molecule has 0 fully saturated rings. The van der Waals surface area contributed by atoms with E-state index in [9.17, 15) is 4.79 Å². The van der Waals surface area contributed by atoms with Crippen molar-refractivity contribution in [2.75, 3.05) is 0 Å². The smallest absolute Gasteiger partial charge is 0.363 e. The first-order valence-electron chi connectivity index (χ1n) is 8.03. The van der Waals surface area contributed by atoms with Crippen LogP contribution in [0.4, 0.5) is 0 Å². The van der Waals surface area contributed by atoms with E-state index in [1.807, 2.05) is 49.5 Å². The van der Waals surface area contributed by atoms with Crippen LogP contribution in [0.25, 0.3) is 5.65 Å². The average molecular weight is 361 g/mol. The molecule has 0 amide bonds. The zero-order valence-electron chi connectivity index (χ0n) is 14.0. The summed E-state index contributed by atoms with van der Waals surface area (Å²) in [7, 11) is 0. The Bertz CT molecular complexity index is 1060. The molecule has 6 heteroatoms. The number of carbonyl (C=O) groups excluding carboxylic acids is 1. The molecule has 3 aromatic heterocycles. The van der Waals surface area contributed by atoms with Crippen molar-refractivity contribution in [1.82, 2.24) is 14.4 Å². The maximum Gasteiger partial charge on any atom is 0.363 e. The summed E-state index contributed by atoms with van der Waals surface area (Å²) in [6.45, 7) is 1.98. The molecule has 0 bridgehead atoms. The fourth-order valence-electron chi connectivity index (χ4n) is 2.46. The molecule has 5 nitrogen and oxygen atoms in total. The molecule has 1 aromatic carbocycles.